The molecule has 1 heterocycles. The van der Waals surface area contributed by atoms with E-state index in [2.05, 4.69) is 29.4 Å². The number of carbonyl (C=O) groups is 1. The van der Waals surface area contributed by atoms with E-state index in [0.29, 0.717) is 29.7 Å². The third-order valence-electron chi connectivity index (χ3n) is 5.89. The Morgan fingerprint density at radius 1 is 1.22 bits per heavy atom. The van der Waals surface area contributed by atoms with Crippen LogP contribution in [0, 0.1) is 5.41 Å². The van der Waals surface area contributed by atoms with Crippen molar-refractivity contribution < 1.29 is 9.53 Å². The molecule has 0 fully saturated rings. The van der Waals surface area contributed by atoms with Crippen LogP contribution in [0.4, 0.5) is 11.4 Å². The van der Waals surface area contributed by atoms with Crippen molar-refractivity contribution >= 4 is 46.1 Å². The molecular formula is C25H28ClN3O2S. The molecule has 0 bridgehead atoms. The first-order chi connectivity index (χ1) is 15.3. The van der Waals surface area contributed by atoms with Crippen molar-refractivity contribution in [3.05, 3.63) is 70.4 Å². The lowest BCUT2D eigenvalue weighted by Crippen LogP contribution is -2.45. The summed E-state index contributed by atoms with van der Waals surface area (Å²) >= 11 is 12.1. The maximum atomic E-state index is 13.6. The molecule has 32 heavy (non-hydrogen) atoms. The van der Waals surface area contributed by atoms with Crippen molar-refractivity contribution in [2.24, 2.45) is 5.41 Å². The number of para-hydroxylation sites is 2. The lowest BCUT2D eigenvalue weighted by atomic mass is 9.73. The summed E-state index contributed by atoms with van der Waals surface area (Å²) in [5.74, 6) is 0.140. The Morgan fingerprint density at radius 2 is 1.94 bits per heavy atom. The summed E-state index contributed by atoms with van der Waals surface area (Å²) in [5, 5.41) is 8.09. The van der Waals surface area contributed by atoms with Crippen LogP contribution in [0.2, 0.25) is 5.02 Å². The van der Waals surface area contributed by atoms with Gasteiger partial charge >= 0.3 is 0 Å². The molecule has 1 atom stereocenters. The third kappa shape index (κ3) is 4.53. The molecule has 0 amide bonds. The molecule has 0 radical (unpaired) electrons. The predicted molar refractivity (Wildman–Crippen MR) is 134 cm³/mol. The summed E-state index contributed by atoms with van der Waals surface area (Å²) in [7, 11) is 1.66. The summed E-state index contributed by atoms with van der Waals surface area (Å²) in [6.45, 7) is 5.38. The van der Waals surface area contributed by atoms with Crippen LogP contribution < -0.4 is 15.5 Å². The van der Waals surface area contributed by atoms with Crippen LogP contribution in [0.3, 0.4) is 0 Å². The SMILES string of the molecule is COCCNC(=S)N1c2ccccc2NC2=C(C(=O)CC(C)(C)C2)[C@@H]1c1ccc(Cl)cc1. The second-order valence-corrected chi connectivity index (χ2v) is 9.85. The van der Waals surface area contributed by atoms with Crippen LogP contribution in [0.5, 0.6) is 0 Å². The van der Waals surface area contributed by atoms with Gasteiger partial charge in [0.15, 0.2) is 10.9 Å². The maximum Gasteiger partial charge on any atom is 0.174 e. The number of ether oxygens (including phenoxy) is 1. The summed E-state index contributed by atoms with van der Waals surface area (Å²) in [5.41, 5.74) is 4.42. The molecule has 0 unspecified atom stereocenters. The Balaban J connectivity index is 1.92. The van der Waals surface area contributed by atoms with Gasteiger partial charge in [-0.2, -0.15) is 0 Å². The summed E-state index contributed by atoms with van der Waals surface area (Å²) in [6, 6.07) is 15.3. The highest BCUT2D eigenvalue weighted by molar-refractivity contribution is 7.80. The number of benzene rings is 2. The predicted octanol–water partition coefficient (Wildman–Crippen LogP) is 5.48. The van der Waals surface area contributed by atoms with Gasteiger partial charge in [-0.15, -0.1) is 0 Å². The molecule has 168 valence electrons. The van der Waals surface area contributed by atoms with Crippen molar-refractivity contribution in [2.75, 3.05) is 30.5 Å². The van der Waals surface area contributed by atoms with Crippen LogP contribution in [0.1, 0.15) is 38.3 Å². The second-order valence-electron chi connectivity index (χ2n) is 9.02. The van der Waals surface area contributed by atoms with Crippen LogP contribution in [-0.2, 0) is 9.53 Å². The number of Topliss-reactive ketones (excluding diaryl/α,β-unsaturated/α-hetero) is 1. The highest BCUT2D eigenvalue weighted by Gasteiger charge is 2.42. The Labute approximate surface area is 199 Å². The van der Waals surface area contributed by atoms with E-state index in [1.165, 1.54) is 0 Å². The third-order valence-corrected chi connectivity index (χ3v) is 6.48. The molecule has 0 saturated heterocycles. The Bertz CT molecular complexity index is 1070. The zero-order chi connectivity index (χ0) is 22.9. The van der Waals surface area contributed by atoms with E-state index in [1.807, 2.05) is 48.5 Å². The van der Waals surface area contributed by atoms with Gasteiger partial charge in [0.1, 0.15) is 0 Å². The summed E-state index contributed by atoms with van der Waals surface area (Å²) in [4.78, 5) is 15.6. The van der Waals surface area contributed by atoms with Gasteiger partial charge < -0.3 is 20.3 Å². The van der Waals surface area contributed by atoms with Crippen molar-refractivity contribution in [1.29, 1.82) is 0 Å². The monoisotopic (exact) mass is 469 g/mol. The smallest absolute Gasteiger partial charge is 0.174 e. The van der Waals surface area contributed by atoms with E-state index in [4.69, 9.17) is 28.6 Å². The maximum absolute atomic E-state index is 13.6. The zero-order valence-electron chi connectivity index (χ0n) is 18.6. The summed E-state index contributed by atoms with van der Waals surface area (Å²) < 4.78 is 5.19. The minimum atomic E-state index is -0.371. The molecule has 4 rings (SSSR count). The lowest BCUT2D eigenvalue weighted by Gasteiger charge is -2.38. The highest BCUT2D eigenvalue weighted by Crippen LogP contribution is 2.48. The normalized spacial score (nSPS) is 19.6. The van der Waals surface area contributed by atoms with Crippen LogP contribution in [0.25, 0.3) is 0 Å². The number of thiocarbonyl (C=S) groups is 1. The molecule has 2 N–H and O–H groups in total. The van der Waals surface area contributed by atoms with E-state index >= 15 is 0 Å². The van der Waals surface area contributed by atoms with Crippen LogP contribution >= 0.6 is 23.8 Å². The van der Waals surface area contributed by atoms with E-state index in [0.717, 1.165) is 34.6 Å². The topological polar surface area (TPSA) is 53.6 Å². The van der Waals surface area contributed by atoms with Gasteiger partial charge in [-0.25, -0.2) is 0 Å². The van der Waals surface area contributed by atoms with E-state index in [1.54, 1.807) is 7.11 Å². The number of hydrogen-bond acceptors (Lipinski definition) is 4. The summed E-state index contributed by atoms with van der Waals surface area (Å²) in [6.07, 6.45) is 1.27. The van der Waals surface area contributed by atoms with E-state index < -0.39 is 0 Å². The number of allylic oxidation sites excluding steroid dienone is 1. The number of nitrogens with zero attached hydrogens (tertiary/aromatic N) is 1. The molecule has 2 aromatic carbocycles. The fourth-order valence-corrected chi connectivity index (χ4v) is 4.95. The lowest BCUT2D eigenvalue weighted by molar-refractivity contribution is -0.118. The van der Waals surface area contributed by atoms with E-state index in [-0.39, 0.29) is 17.2 Å². The Morgan fingerprint density at radius 3 is 2.66 bits per heavy atom. The van der Waals surface area contributed by atoms with E-state index in [9.17, 15) is 4.79 Å². The number of methoxy groups -OCH3 is 1. The number of fused-ring (bicyclic) bond motifs is 1. The molecule has 2 aromatic rings. The molecule has 0 saturated carbocycles. The van der Waals surface area contributed by atoms with Gasteiger partial charge in [-0.05, 0) is 53.9 Å². The first kappa shape index (κ1) is 22.8. The van der Waals surface area contributed by atoms with Crippen molar-refractivity contribution in [2.45, 2.75) is 32.7 Å². The molecule has 0 aromatic heterocycles. The Kier molecular flexibility index (Phi) is 6.56. The average Bonchev–Trinajstić information content (AvgIpc) is 2.88. The Hall–Kier alpha value is -2.41. The number of ketones is 1. The number of rotatable bonds is 4. The van der Waals surface area contributed by atoms with Crippen molar-refractivity contribution in [3.63, 3.8) is 0 Å². The van der Waals surface area contributed by atoms with Gasteiger partial charge in [-0.1, -0.05) is 49.7 Å². The number of anilines is 2. The minimum absolute atomic E-state index is 0.116. The first-order valence-electron chi connectivity index (χ1n) is 10.7. The molecule has 1 aliphatic carbocycles. The minimum Gasteiger partial charge on any atom is -0.383 e. The first-order valence-corrected chi connectivity index (χ1v) is 11.5. The average molecular weight is 470 g/mol. The van der Waals surface area contributed by atoms with Gasteiger partial charge in [-0.3, -0.25) is 4.79 Å². The fourth-order valence-electron chi connectivity index (χ4n) is 4.52. The largest absolute Gasteiger partial charge is 0.383 e. The highest BCUT2D eigenvalue weighted by atomic mass is 35.5. The number of hydrogen-bond donors (Lipinski definition) is 2. The van der Waals surface area contributed by atoms with Gasteiger partial charge in [0.25, 0.3) is 0 Å². The number of halogens is 1. The molecular weight excluding hydrogens is 442 g/mol. The number of carbonyl (C=O) groups excluding carboxylic acids is 1. The molecule has 7 heteroatoms. The molecule has 0 spiro atoms. The van der Waals surface area contributed by atoms with Crippen molar-refractivity contribution in [3.8, 4) is 0 Å². The molecule has 5 nitrogen and oxygen atoms in total. The fraction of sp³-hybridized carbons (Fsp3) is 0.360. The quantitative estimate of drug-likeness (QED) is 0.457. The zero-order valence-corrected chi connectivity index (χ0v) is 20.1. The van der Waals surface area contributed by atoms with Crippen LogP contribution in [-0.4, -0.2) is 31.2 Å². The second kappa shape index (κ2) is 9.22. The molecule has 1 aliphatic heterocycles. The van der Waals surface area contributed by atoms with Crippen molar-refractivity contribution in [1.82, 2.24) is 5.32 Å². The van der Waals surface area contributed by atoms with Gasteiger partial charge in [0, 0.05) is 36.4 Å². The van der Waals surface area contributed by atoms with Gasteiger partial charge in [0.2, 0.25) is 0 Å². The van der Waals surface area contributed by atoms with Gasteiger partial charge in [0.05, 0.1) is 24.0 Å². The molecule has 2 aliphatic rings. The number of nitrogens with one attached hydrogen (secondary N) is 2. The van der Waals surface area contributed by atoms with Crippen LogP contribution in [0.15, 0.2) is 59.8 Å². The standard InChI is InChI=1S/C25H28ClN3O2S/c1-25(2)14-19-22(21(30)15-25)23(16-8-10-17(26)11-9-16)29(24(32)27-12-13-31-3)20-7-5-4-6-18(20)28-19/h4-11,23,28H,12-15H2,1-3H3,(H,27,32)/t23-/m0/s1.